The van der Waals surface area contributed by atoms with E-state index >= 15 is 0 Å². The topological polar surface area (TPSA) is 88.3 Å². The fourth-order valence-corrected chi connectivity index (χ4v) is 3.52. The maximum Gasteiger partial charge on any atom is 0.227 e. The Morgan fingerprint density at radius 2 is 2.03 bits per heavy atom. The van der Waals surface area contributed by atoms with E-state index < -0.39 is 0 Å². The first-order valence-electron chi connectivity index (χ1n) is 9.54. The monoisotopic (exact) mass is 390 g/mol. The lowest BCUT2D eigenvalue weighted by molar-refractivity contribution is -0.126. The van der Waals surface area contributed by atoms with Gasteiger partial charge in [0.2, 0.25) is 23.5 Å². The van der Waals surface area contributed by atoms with Gasteiger partial charge in [-0.05, 0) is 24.6 Å². The Balaban J connectivity index is 1.43. The van der Waals surface area contributed by atoms with Gasteiger partial charge in [-0.3, -0.25) is 9.59 Å². The number of aromatic nitrogens is 2. The van der Waals surface area contributed by atoms with Gasteiger partial charge in [-0.1, -0.05) is 47.1 Å². The Bertz CT molecular complexity index is 1060. The van der Waals surface area contributed by atoms with Crippen LogP contribution >= 0.6 is 0 Å². The van der Waals surface area contributed by atoms with Crippen LogP contribution in [0, 0.1) is 19.8 Å². The van der Waals surface area contributed by atoms with E-state index in [0.29, 0.717) is 24.8 Å². The highest BCUT2D eigenvalue weighted by molar-refractivity contribution is 6.00. The molecule has 1 atom stereocenters. The first-order valence-corrected chi connectivity index (χ1v) is 9.54. The van der Waals surface area contributed by atoms with Gasteiger partial charge in [0.15, 0.2) is 0 Å². The van der Waals surface area contributed by atoms with Crippen molar-refractivity contribution in [2.75, 3.05) is 11.4 Å². The predicted molar refractivity (Wildman–Crippen MR) is 108 cm³/mol. The molecule has 2 amide bonds. The van der Waals surface area contributed by atoms with Crippen molar-refractivity contribution in [1.82, 2.24) is 15.5 Å². The minimum Gasteiger partial charge on any atom is -0.352 e. The molecule has 2 aromatic carbocycles. The molecule has 1 fully saturated rings. The van der Waals surface area contributed by atoms with E-state index in [4.69, 9.17) is 4.52 Å². The summed E-state index contributed by atoms with van der Waals surface area (Å²) >= 11 is 0. The van der Waals surface area contributed by atoms with E-state index in [0.717, 1.165) is 22.4 Å². The van der Waals surface area contributed by atoms with Crippen molar-refractivity contribution in [1.29, 1.82) is 0 Å². The number of amides is 2. The second kappa shape index (κ2) is 7.87. The summed E-state index contributed by atoms with van der Waals surface area (Å²) in [5.41, 5.74) is 3.68. The van der Waals surface area contributed by atoms with Gasteiger partial charge in [-0.25, -0.2) is 0 Å². The smallest absolute Gasteiger partial charge is 0.227 e. The van der Waals surface area contributed by atoms with Crippen molar-refractivity contribution in [3.63, 3.8) is 0 Å². The van der Waals surface area contributed by atoms with Crippen LogP contribution < -0.4 is 10.2 Å². The molecular weight excluding hydrogens is 368 g/mol. The van der Waals surface area contributed by atoms with Gasteiger partial charge >= 0.3 is 0 Å². The third kappa shape index (κ3) is 4.18. The normalized spacial score (nSPS) is 16.3. The van der Waals surface area contributed by atoms with E-state index in [1.54, 1.807) is 11.8 Å². The van der Waals surface area contributed by atoms with Crippen LogP contribution in [0.4, 0.5) is 5.69 Å². The highest BCUT2D eigenvalue weighted by Gasteiger charge is 2.35. The molecule has 0 unspecified atom stereocenters. The minimum atomic E-state index is -0.372. The van der Waals surface area contributed by atoms with Gasteiger partial charge in [0.05, 0.1) is 5.92 Å². The van der Waals surface area contributed by atoms with Gasteiger partial charge in [0.1, 0.15) is 0 Å². The number of carbonyl (C=O) groups is 2. The average molecular weight is 390 g/mol. The third-order valence-electron chi connectivity index (χ3n) is 4.99. The molecule has 2 heterocycles. The quantitative estimate of drug-likeness (QED) is 0.723. The zero-order chi connectivity index (χ0) is 20.4. The lowest BCUT2D eigenvalue weighted by Gasteiger charge is -2.17. The maximum absolute atomic E-state index is 12.6. The molecule has 0 spiro atoms. The third-order valence-corrected chi connectivity index (χ3v) is 4.99. The predicted octanol–water partition coefficient (Wildman–Crippen LogP) is 3.02. The van der Waals surface area contributed by atoms with Crippen LogP contribution in [0.5, 0.6) is 0 Å². The van der Waals surface area contributed by atoms with Crippen molar-refractivity contribution in [3.8, 4) is 11.4 Å². The summed E-state index contributed by atoms with van der Waals surface area (Å²) in [6, 6.07) is 15.4. The molecule has 0 bridgehead atoms. The number of anilines is 1. The highest BCUT2D eigenvalue weighted by Crippen LogP contribution is 2.28. The highest BCUT2D eigenvalue weighted by atomic mass is 16.5. The first kappa shape index (κ1) is 18.9. The van der Waals surface area contributed by atoms with Crippen LogP contribution in [0.1, 0.15) is 23.4 Å². The van der Waals surface area contributed by atoms with Crippen molar-refractivity contribution < 1.29 is 14.1 Å². The molecule has 1 aliphatic heterocycles. The number of aryl methyl sites for hydroxylation is 2. The van der Waals surface area contributed by atoms with Crippen LogP contribution in [0.15, 0.2) is 53.1 Å². The fraction of sp³-hybridized carbons (Fsp3) is 0.273. The minimum absolute atomic E-state index is 0.0675. The lowest BCUT2D eigenvalue weighted by Crippen LogP contribution is -2.32. The molecule has 148 valence electrons. The largest absolute Gasteiger partial charge is 0.352 e. The van der Waals surface area contributed by atoms with Crippen molar-refractivity contribution in [2.24, 2.45) is 5.92 Å². The number of hydrogen-bond donors (Lipinski definition) is 1. The molecular formula is C22H22N4O3. The number of nitrogens with zero attached hydrogens (tertiary/aromatic N) is 3. The summed E-state index contributed by atoms with van der Waals surface area (Å²) < 4.78 is 5.03. The second-order valence-corrected chi connectivity index (χ2v) is 7.30. The Morgan fingerprint density at radius 1 is 1.21 bits per heavy atom. The Morgan fingerprint density at radius 3 is 2.79 bits per heavy atom. The summed E-state index contributed by atoms with van der Waals surface area (Å²) in [7, 11) is 0. The summed E-state index contributed by atoms with van der Waals surface area (Å²) in [5, 5.41) is 6.87. The van der Waals surface area contributed by atoms with E-state index in [-0.39, 0.29) is 24.2 Å². The average Bonchev–Trinajstić information content (AvgIpc) is 3.32. The van der Waals surface area contributed by atoms with Crippen LogP contribution in [0.25, 0.3) is 11.4 Å². The number of hydrogen-bond acceptors (Lipinski definition) is 5. The molecule has 1 saturated heterocycles. The van der Waals surface area contributed by atoms with E-state index in [1.165, 1.54) is 0 Å². The number of nitrogens with one attached hydrogen (secondary N) is 1. The first-order chi connectivity index (χ1) is 14.0. The SMILES string of the molecule is Cc1cccc(CNC(=O)[C@@H]2CC(=O)N(c3cccc(-c4noc(C)n4)c3)C2)c1. The van der Waals surface area contributed by atoms with E-state index in [9.17, 15) is 9.59 Å². The number of carbonyl (C=O) groups excluding carboxylic acids is 2. The Hall–Kier alpha value is -3.48. The summed E-state index contributed by atoms with van der Waals surface area (Å²) in [6.45, 7) is 4.55. The second-order valence-electron chi connectivity index (χ2n) is 7.30. The van der Waals surface area contributed by atoms with Crippen LogP contribution in [0.3, 0.4) is 0 Å². The molecule has 7 heteroatoms. The zero-order valence-electron chi connectivity index (χ0n) is 16.4. The molecule has 4 rings (SSSR count). The number of benzene rings is 2. The molecule has 29 heavy (non-hydrogen) atoms. The standard InChI is InChI=1S/C22H22N4O3/c1-14-5-3-6-16(9-14)12-23-22(28)18-11-20(27)26(13-18)19-8-4-7-17(10-19)21-24-15(2)29-25-21/h3-10,18H,11-13H2,1-2H3,(H,23,28)/t18-/m1/s1. The van der Waals surface area contributed by atoms with Crippen LogP contribution in [-0.2, 0) is 16.1 Å². The van der Waals surface area contributed by atoms with Crippen molar-refractivity contribution >= 4 is 17.5 Å². The molecule has 3 aromatic rings. The van der Waals surface area contributed by atoms with E-state index in [1.807, 2.05) is 55.5 Å². The van der Waals surface area contributed by atoms with Gasteiger partial charge in [-0.15, -0.1) is 0 Å². The van der Waals surface area contributed by atoms with Crippen LogP contribution in [-0.4, -0.2) is 28.5 Å². The van der Waals surface area contributed by atoms with Gasteiger partial charge in [-0.2, -0.15) is 4.98 Å². The van der Waals surface area contributed by atoms with Crippen molar-refractivity contribution in [2.45, 2.75) is 26.8 Å². The maximum atomic E-state index is 12.6. The van der Waals surface area contributed by atoms with Crippen molar-refractivity contribution in [3.05, 3.63) is 65.5 Å². The zero-order valence-corrected chi connectivity index (χ0v) is 16.4. The number of rotatable bonds is 5. The van der Waals surface area contributed by atoms with E-state index in [2.05, 4.69) is 15.5 Å². The van der Waals surface area contributed by atoms with Crippen LogP contribution in [0.2, 0.25) is 0 Å². The Labute approximate surface area is 168 Å². The van der Waals surface area contributed by atoms with Gasteiger partial charge < -0.3 is 14.7 Å². The summed E-state index contributed by atoms with van der Waals surface area (Å²) in [4.78, 5) is 31.0. The molecule has 1 aromatic heterocycles. The molecule has 0 aliphatic carbocycles. The molecule has 1 aliphatic rings. The summed E-state index contributed by atoms with van der Waals surface area (Å²) in [5.74, 6) is 0.411. The molecule has 1 N–H and O–H groups in total. The fourth-order valence-electron chi connectivity index (χ4n) is 3.52. The molecule has 7 nitrogen and oxygen atoms in total. The molecule has 0 radical (unpaired) electrons. The lowest BCUT2D eigenvalue weighted by atomic mass is 10.1. The van der Waals surface area contributed by atoms with Gasteiger partial charge in [0.25, 0.3) is 0 Å². The molecule has 0 saturated carbocycles. The summed E-state index contributed by atoms with van der Waals surface area (Å²) in [6.07, 6.45) is 0.200. The van der Waals surface area contributed by atoms with Gasteiger partial charge in [0, 0.05) is 37.7 Å². The Kier molecular flexibility index (Phi) is 5.12.